The zero-order valence-electron chi connectivity index (χ0n) is 21.9. The summed E-state index contributed by atoms with van der Waals surface area (Å²) in [6, 6.07) is 5.60. The molecular formula is C27H37N5O4S. The van der Waals surface area contributed by atoms with Crippen LogP contribution in [0.5, 0.6) is 5.88 Å². The van der Waals surface area contributed by atoms with Gasteiger partial charge < -0.3 is 10.4 Å². The lowest BCUT2D eigenvalue weighted by molar-refractivity contribution is -0.124. The second-order valence-electron chi connectivity index (χ2n) is 11.0. The third-order valence-electron chi connectivity index (χ3n) is 8.40. The first-order valence-electron chi connectivity index (χ1n) is 13.3. The number of amides is 1. The number of hydrogen-bond donors (Lipinski definition) is 2. The van der Waals surface area contributed by atoms with Gasteiger partial charge in [-0.15, -0.1) is 0 Å². The Balaban J connectivity index is 1.17. The van der Waals surface area contributed by atoms with Crippen LogP contribution < -0.4 is 11.0 Å². The average molecular weight is 528 g/mol. The van der Waals surface area contributed by atoms with Gasteiger partial charge in [0, 0.05) is 31.8 Å². The van der Waals surface area contributed by atoms with E-state index in [4.69, 9.17) is 4.99 Å². The topological polar surface area (TPSA) is 109 Å². The van der Waals surface area contributed by atoms with Gasteiger partial charge in [-0.3, -0.25) is 14.4 Å². The molecule has 1 aromatic heterocycles. The monoisotopic (exact) mass is 527 g/mol. The molecule has 37 heavy (non-hydrogen) atoms. The number of hydrogen-bond acceptors (Lipinski definition) is 5. The molecular weight excluding hydrogens is 490 g/mol. The van der Waals surface area contributed by atoms with Crippen molar-refractivity contribution in [2.75, 3.05) is 18.8 Å². The van der Waals surface area contributed by atoms with Crippen molar-refractivity contribution in [3.8, 4) is 11.6 Å². The molecule has 2 fully saturated rings. The van der Waals surface area contributed by atoms with Crippen molar-refractivity contribution in [1.82, 2.24) is 18.8 Å². The molecule has 1 unspecified atom stereocenters. The maximum absolute atomic E-state index is 13.1. The summed E-state index contributed by atoms with van der Waals surface area (Å²) in [6.45, 7) is 5.43. The molecule has 1 aromatic carbocycles. The van der Waals surface area contributed by atoms with Gasteiger partial charge in [-0.1, -0.05) is 25.8 Å². The van der Waals surface area contributed by atoms with Crippen molar-refractivity contribution < 1.29 is 14.1 Å². The third kappa shape index (κ3) is 5.05. The number of aromatic nitrogens is 2. The number of carbonyl (C=O) groups is 1. The number of piperidine rings is 1. The number of aryl methyl sites for hydroxylation is 3. The smallest absolute Gasteiger partial charge is 0.335 e. The molecule has 0 radical (unpaired) electrons. The Labute approximate surface area is 220 Å². The largest absolute Gasteiger partial charge is 0.493 e. The van der Waals surface area contributed by atoms with Crippen molar-refractivity contribution >= 4 is 22.7 Å². The van der Waals surface area contributed by atoms with Crippen LogP contribution in [0.2, 0.25) is 0 Å². The predicted octanol–water partition coefficient (Wildman–Crippen LogP) is 2.59. The normalized spacial score (nSPS) is 24.7. The minimum Gasteiger partial charge on any atom is -0.493 e. The highest BCUT2D eigenvalue weighted by molar-refractivity contribution is 7.82. The second kappa shape index (κ2) is 10.2. The van der Waals surface area contributed by atoms with E-state index in [2.05, 4.69) is 12.2 Å². The highest BCUT2D eigenvalue weighted by Crippen LogP contribution is 2.35. The maximum Gasteiger partial charge on any atom is 0.335 e. The minimum atomic E-state index is -1.15. The fourth-order valence-electron chi connectivity index (χ4n) is 5.88. The Bertz CT molecular complexity index is 1300. The van der Waals surface area contributed by atoms with Gasteiger partial charge >= 0.3 is 5.69 Å². The molecule has 3 heterocycles. The number of benzene rings is 1. The fourth-order valence-corrected chi connectivity index (χ4v) is 7.12. The number of rotatable bonds is 6. The first-order chi connectivity index (χ1) is 17.7. The fraction of sp³-hybridized carbons (Fsp3) is 0.593. The highest BCUT2D eigenvalue weighted by Gasteiger charge is 2.47. The molecule has 1 atom stereocenters. The van der Waals surface area contributed by atoms with E-state index in [1.807, 2.05) is 23.4 Å². The van der Waals surface area contributed by atoms with Crippen LogP contribution in [0.15, 0.2) is 34.2 Å². The van der Waals surface area contributed by atoms with Gasteiger partial charge in [-0.25, -0.2) is 17.9 Å². The summed E-state index contributed by atoms with van der Waals surface area (Å²) in [5.41, 5.74) is 1.63. The van der Waals surface area contributed by atoms with Crippen LogP contribution in [-0.4, -0.2) is 58.9 Å². The molecule has 2 aromatic rings. The van der Waals surface area contributed by atoms with Crippen LogP contribution in [0.1, 0.15) is 56.6 Å². The van der Waals surface area contributed by atoms with Crippen molar-refractivity contribution in [2.45, 2.75) is 64.3 Å². The average Bonchev–Trinajstić information content (AvgIpc) is 3.32. The zero-order valence-corrected chi connectivity index (χ0v) is 22.7. The summed E-state index contributed by atoms with van der Waals surface area (Å²) in [5, 5.41) is 13.2. The van der Waals surface area contributed by atoms with E-state index < -0.39 is 16.5 Å². The summed E-state index contributed by atoms with van der Waals surface area (Å²) in [4.78, 5) is 30.1. The molecule has 1 spiro atoms. The van der Waals surface area contributed by atoms with Gasteiger partial charge in [0.05, 0.1) is 22.9 Å². The van der Waals surface area contributed by atoms with Gasteiger partial charge in [0.1, 0.15) is 11.4 Å². The Morgan fingerprint density at radius 2 is 1.86 bits per heavy atom. The van der Waals surface area contributed by atoms with E-state index in [0.717, 1.165) is 35.7 Å². The minimum absolute atomic E-state index is 0.0193. The molecule has 2 aliphatic heterocycles. The Kier molecular flexibility index (Phi) is 7.15. The summed E-state index contributed by atoms with van der Waals surface area (Å²) < 4.78 is 17.7. The summed E-state index contributed by atoms with van der Waals surface area (Å²) in [7, 11) is 0.445. The quantitative estimate of drug-likeness (QED) is 0.602. The van der Waals surface area contributed by atoms with Crippen LogP contribution in [0.4, 0.5) is 0 Å². The summed E-state index contributed by atoms with van der Waals surface area (Å²) >= 11 is 0. The van der Waals surface area contributed by atoms with Crippen molar-refractivity contribution in [3.05, 3.63) is 46.0 Å². The van der Waals surface area contributed by atoms with E-state index in [9.17, 15) is 18.9 Å². The molecule has 9 nitrogen and oxygen atoms in total. The molecule has 1 saturated heterocycles. The highest BCUT2D eigenvalue weighted by atomic mass is 32.2. The van der Waals surface area contributed by atoms with Crippen LogP contribution in [0.3, 0.4) is 0 Å². The van der Waals surface area contributed by atoms with Crippen molar-refractivity contribution in [1.29, 1.82) is 0 Å². The lowest BCUT2D eigenvalue weighted by atomic mass is 9.82. The number of aromatic hydroxyl groups is 1. The SMILES string of the molecule is Cc1cc(-n2c(O)cn(C)c2=O)ccc1CCS(=O)N1CCC2(CC1)N=C(C1CCC(C)CC1)NC2=O. The van der Waals surface area contributed by atoms with E-state index in [-0.39, 0.29) is 17.5 Å². The lowest BCUT2D eigenvalue weighted by Gasteiger charge is -2.34. The molecule has 1 saturated carbocycles. The Hall–Kier alpha value is -2.72. The second-order valence-corrected chi connectivity index (χ2v) is 12.5. The van der Waals surface area contributed by atoms with Crippen LogP contribution in [0.25, 0.3) is 5.69 Å². The van der Waals surface area contributed by atoms with E-state index in [0.29, 0.717) is 49.7 Å². The standard InChI is InChI=1S/C27H37N5O4S/c1-18-4-6-21(7-5-18)24-28-25(34)27(29-24)11-13-31(14-12-27)37(36)15-10-20-8-9-22(16-19(20)2)32-23(33)17-30(3)26(32)35/h8-9,16-18,21,33H,4-7,10-15H2,1-3H3,(H,28,29,34). The number of aliphatic imine (C=N–C) groups is 1. The molecule has 1 aliphatic carbocycles. The molecule has 3 aliphatic rings. The van der Waals surface area contributed by atoms with Gasteiger partial charge in [0.15, 0.2) is 0 Å². The lowest BCUT2D eigenvalue weighted by Crippen LogP contribution is -2.49. The molecule has 200 valence electrons. The number of nitrogens with zero attached hydrogens (tertiary/aromatic N) is 4. The first kappa shape index (κ1) is 25.9. The van der Waals surface area contributed by atoms with E-state index in [1.54, 1.807) is 13.1 Å². The number of nitrogens with one attached hydrogen (secondary N) is 1. The number of carbonyl (C=O) groups excluding carboxylic acids is 1. The van der Waals surface area contributed by atoms with Crippen molar-refractivity contribution in [3.63, 3.8) is 0 Å². The third-order valence-corrected chi connectivity index (χ3v) is 9.89. The van der Waals surface area contributed by atoms with Gasteiger partial charge in [0.25, 0.3) is 5.91 Å². The molecule has 2 N–H and O–H groups in total. The van der Waals surface area contributed by atoms with Crippen LogP contribution in [-0.2, 0) is 29.2 Å². The van der Waals surface area contributed by atoms with Crippen molar-refractivity contribution in [2.24, 2.45) is 23.9 Å². The van der Waals surface area contributed by atoms with Crippen LogP contribution in [0, 0.1) is 18.8 Å². The van der Waals surface area contributed by atoms with E-state index >= 15 is 0 Å². The van der Waals surface area contributed by atoms with Gasteiger partial charge in [0.2, 0.25) is 5.88 Å². The Morgan fingerprint density at radius 3 is 2.49 bits per heavy atom. The number of imidazole rings is 1. The maximum atomic E-state index is 13.1. The van der Waals surface area contributed by atoms with Gasteiger partial charge in [-0.05, 0) is 68.2 Å². The molecule has 5 rings (SSSR count). The van der Waals surface area contributed by atoms with E-state index in [1.165, 1.54) is 28.2 Å². The Morgan fingerprint density at radius 1 is 1.16 bits per heavy atom. The molecule has 0 bridgehead atoms. The van der Waals surface area contributed by atoms with Gasteiger partial charge in [-0.2, -0.15) is 0 Å². The summed E-state index contributed by atoms with van der Waals surface area (Å²) in [5.74, 6) is 2.41. The molecule has 1 amide bonds. The summed E-state index contributed by atoms with van der Waals surface area (Å²) in [6.07, 6.45) is 7.78. The zero-order chi connectivity index (χ0) is 26.3. The number of amidine groups is 1. The van der Waals surface area contributed by atoms with Crippen LogP contribution >= 0.6 is 0 Å². The predicted molar refractivity (Wildman–Crippen MR) is 144 cm³/mol. The first-order valence-corrected chi connectivity index (χ1v) is 14.6. The molecule has 10 heteroatoms.